The van der Waals surface area contributed by atoms with Gasteiger partial charge >= 0.3 is 5.97 Å². The van der Waals surface area contributed by atoms with Crippen LogP contribution in [0.5, 0.6) is 0 Å². The number of hydrogen-bond acceptors (Lipinski definition) is 5. The van der Waals surface area contributed by atoms with Crippen molar-refractivity contribution in [1.29, 1.82) is 0 Å². The molecule has 0 aromatic carbocycles. The van der Waals surface area contributed by atoms with E-state index in [0.29, 0.717) is 19.4 Å². The van der Waals surface area contributed by atoms with Crippen LogP contribution in [0, 0.1) is 0 Å². The van der Waals surface area contributed by atoms with Crippen molar-refractivity contribution in [2.45, 2.75) is 437 Å². The number of hydrogen-bond donors (Lipinski definition) is 3. The molecule has 0 aromatic heterocycles. The molecule has 3 N–H and O–H groups in total. The first-order valence-electron chi connectivity index (χ1n) is 38.3. The maximum absolute atomic E-state index is 12.5. The first kappa shape index (κ1) is 82.1. The van der Waals surface area contributed by atoms with Crippen molar-refractivity contribution >= 4 is 11.9 Å². The third-order valence-corrected chi connectivity index (χ3v) is 17.9. The molecule has 6 nitrogen and oxygen atoms in total. The van der Waals surface area contributed by atoms with Gasteiger partial charge in [-0.3, -0.25) is 9.59 Å². The summed E-state index contributed by atoms with van der Waals surface area (Å²) in [5.41, 5.74) is 0. The molecule has 0 aliphatic rings. The highest BCUT2D eigenvalue weighted by atomic mass is 16.5. The molecule has 0 aliphatic carbocycles. The Morgan fingerprint density at radius 1 is 0.321 bits per heavy atom. The van der Waals surface area contributed by atoms with E-state index in [1.165, 1.54) is 360 Å². The number of rotatable bonds is 72. The van der Waals surface area contributed by atoms with Gasteiger partial charge in [0.2, 0.25) is 5.91 Å². The Morgan fingerprint density at radius 2 is 0.560 bits per heavy atom. The van der Waals surface area contributed by atoms with Gasteiger partial charge in [-0.1, -0.05) is 365 Å². The Morgan fingerprint density at radius 3 is 0.845 bits per heavy atom. The summed E-state index contributed by atoms with van der Waals surface area (Å²) in [6.07, 6.45) is 95.3. The smallest absolute Gasteiger partial charge is 0.305 e. The zero-order chi connectivity index (χ0) is 60.6. The van der Waals surface area contributed by atoms with Crippen molar-refractivity contribution in [3.05, 3.63) is 36.5 Å². The number of allylic oxidation sites excluding steroid dienone is 5. The molecule has 84 heavy (non-hydrogen) atoms. The third kappa shape index (κ3) is 69.2. The summed E-state index contributed by atoms with van der Waals surface area (Å²) in [6.45, 7) is 4.94. The van der Waals surface area contributed by atoms with Gasteiger partial charge in [-0.25, -0.2) is 0 Å². The zero-order valence-electron chi connectivity index (χ0n) is 56.9. The van der Waals surface area contributed by atoms with Gasteiger partial charge in [0.1, 0.15) is 0 Å². The second-order valence-corrected chi connectivity index (χ2v) is 26.3. The highest BCUT2D eigenvalue weighted by Gasteiger charge is 2.18. The number of ether oxygens (including phenoxy) is 1. The first-order chi connectivity index (χ1) is 41.5. The molecule has 0 rings (SSSR count). The van der Waals surface area contributed by atoms with Gasteiger partial charge in [0.15, 0.2) is 0 Å². The van der Waals surface area contributed by atoms with E-state index in [2.05, 4.69) is 43.5 Å². The average Bonchev–Trinajstić information content (AvgIpc) is 3.51. The van der Waals surface area contributed by atoms with Gasteiger partial charge in [0.25, 0.3) is 0 Å². The number of carbonyl (C=O) groups is 2. The van der Waals surface area contributed by atoms with Crippen LogP contribution in [-0.4, -0.2) is 47.4 Å². The predicted molar refractivity (Wildman–Crippen MR) is 370 cm³/mol. The maximum Gasteiger partial charge on any atom is 0.305 e. The van der Waals surface area contributed by atoms with Crippen LogP contribution < -0.4 is 5.32 Å². The van der Waals surface area contributed by atoms with Crippen molar-refractivity contribution < 1.29 is 24.5 Å². The number of aliphatic hydroxyl groups is 2. The molecule has 6 heteroatoms. The largest absolute Gasteiger partial charge is 0.466 e. The maximum atomic E-state index is 12.5. The second kappa shape index (κ2) is 73.5. The van der Waals surface area contributed by atoms with E-state index in [4.69, 9.17) is 4.74 Å². The number of nitrogens with one attached hydrogen (secondary N) is 1. The molecule has 0 aliphatic heterocycles. The standard InChI is InChI=1S/C78H149NO5/c1-3-5-7-9-11-13-15-17-19-21-23-35-38-42-46-50-54-58-62-66-70-76(81)75(74-80)79-77(82)71-67-63-59-55-51-47-43-39-36-32-30-28-26-24-25-27-29-31-33-37-41-45-49-53-57-61-65-69-73-84-78(83)72-68-64-60-56-52-48-44-40-34-22-20-18-16-14-12-10-8-6-4-2/h18,20,24-25,66,70,75-76,80-81H,3-17,19,21-23,26-65,67-69,71-74H2,1-2H3,(H,79,82)/b20-18-,25-24-,70-66+. The van der Waals surface area contributed by atoms with E-state index in [9.17, 15) is 19.8 Å². The van der Waals surface area contributed by atoms with Crippen LogP contribution in [-0.2, 0) is 14.3 Å². The lowest BCUT2D eigenvalue weighted by Crippen LogP contribution is -2.45. The Labute approximate surface area is 525 Å². The summed E-state index contributed by atoms with van der Waals surface area (Å²) in [6, 6.07) is -0.629. The molecule has 0 aromatic rings. The fourth-order valence-electron chi connectivity index (χ4n) is 12.0. The molecule has 496 valence electrons. The lowest BCUT2D eigenvalue weighted by molar-refractivity contribution is -0.143. The van der Waals surface area contributed by atoms with E-state index in [1.807, 2.05) is 6.08 Å². The van der Waals surface area contributed by atoms with Crippen LogP contribution in [0.1, 0.15) is 425 Å². The normalized spacial score (nSPS) is 12.7. The minimum atomic E-state index is -0.846. The molecular formula is C78H149NO5. The van der Waals surface area contributed by atoms with Crippen LogP contribution in [0.3, 0.4) is 0 Å². The number of amides is 1. The van der Waals surface area contributed by atoms with Crippen molar-refractivity contribution in [3.63, 3.8) is 0 Å². The average molecular weight is 1180 g/mol. The van der Waals surface area contributed by atoms with Crippen LogP contribution in [0.2, 0.25) is 0 Å². The molecule has 0 heterocycles. The van der Waals surface area contributed by atoms with E-state index in [0.717, 1.165) is 38.5 Å². The van der Waals surface area contributed by atoms with Gasteiger partial charge in [-0.15, -0.1) is 0 Å². The summed E-state index contributed by atoms with van der Waals surface area (Å²) < 4.78 is 5.51. The van der Waals surface area contributed by atoms with Crippen molar-refractivity contribution in [3.8, 4) is 0 Å². The van der Waals surface area contributed by atoms with E-state index < -0.39 is 12.1 Å². The summed E-state index contributed by atoms with van der Waals surface area (Å²) in [5, 5.41) is 23.3. The molecule has 2 unspecified atom stereocenters. The lowest BCUT2D eigenvalue weighted by atomic mass is 10.0. The topological polar surface area (TPSA) is 95.9 Å². The fourth-order valence-corrected chi connectivity index (χ4v) is 12.0. The number of unbranched alkanes of at least 4 members (excludes halogenated alkanes) is 57. The monoisotopic (exact) mass is 1180 g/mol. The van der Waals surface area contributed by atoms with E-state index >= 15 is 0 Å². The van der Waals surface area contributed by atoms with Crippen LogP contribution in [0.25, 0.3) is 0 Å². The molecule has 0 fully saturated rings. The Bertz CT molecular complexity index is 1360. The second-order valence-electron chi connectivity index (χ2n) is 26.3. The van der Waals surface area contributed by atoms with Crippen LogP contribution >= 0.6 is 0 Å². The lowest BCUT2D eigenvalue weighted by Gasteiger charge is -2.20. The summed E-state index contributed by atoms with van der Waals surface area (Å²) >= 11 is 0. The Hall–Kier alpha value is -1.92. The van der Waals surface area contributed by atoms with E-state index in [1.54, 1.807) is 6.08 Å². The molecule has 0 saturated carbocycles. The number of esters is 1. The molecule has 0 bridgehead atoms. The zero-order valence-corrected chi connectivity index (χ0v) is 56.9. The molecule has 2 atom stereocenters. The minimum Gasteiger partial charge on any atom is -0.466 e. The number of carbonyl (C=O) groups excluding carboxylic acids is 2. The summed E-state index contributed by atoms with van der Waals surface area (Å²) in [5.74, 6) is -0.0482. The van der Waals surface area contributed by atoms with Crippen LogP contribution in [0.15, 0.2) is 36.5 Å². The van der Waals surface area contributed by atoms with Crippen LogP contribution in [0.4, 0.5) is 0 Å². The van der Waals surface area contributed by atoms with Gasteiger partial charge < -0.3 is 20.3 Å². The van der Waals surface area contributed by atoms with Gasteiger partial charge in [-0.05, 0) is 83.5 Å². The number of aliphatic hydroxyl groups excluding tert-OH is 2. The predicted octanol–water partition coefficient (Wildman–Crippen LogP) is 25.0. The summed E-state index contributed by atoms with van der Waals surface area (Å²) in [4.78, 5) is 24.7. The van der Waals surface area contributed by atoms with Crippen molar-refractivity contribution in [2.75, 3.05) is 13.2 Å². The summed E-state index contributed by atoms with van der Waals surface area (Å²) in [7, 11) is 0. The van der Waals surface area contributed by atoms with Crippen molar-refractivity contribution in [2.24, 2.45) is 0 Å². The molecular weight excluding hydrogens is 1030 g/mol. The molecule has 0 saturated heterocycles. The highest BCUT2D eigenvalue weighted by Crippen LogP contribution is 2.19. The Kier molecular flexibility index (Phi) is 71.9. The van der Waals surface area contributed by atoms with Crippen molar-refractivity contribution in [1.82, 2.24) is 5.32 Å². The van der Waals surface area contributed by atoms with Gasteiger partial charge in [-0.2, -0.15) is 0 Å². The van der Waals surface area contributed by atoms with E-state index in [-0.39, 0.29) is 18.5 Å². The Balaban J connectivity index is 3.39. The minimum absolute atomic E-state index is 0.0158. The van der Waals surface area contributed by atoms with Gasteiger partial charge in [0, 0.05) is 12.8 Å². The fraction of sp³-hybridized carbons (Fsp3) is 0.897. The molecule has 0 spiro atoms. The third-order valence-electron chi connectivity index (χ3n) is 17.9. The van der Waals surface area contributed by atoms with Gasteiger partial charge in [0.05, 0.1) is 25.4 Å². The molecule has 0 radical (unpaired) electrons. The molecule has 1 amide bonds. The SMILES string of the molecule is CCCCCCCC/C=C\CCCCCCCCCCCC(=O)OCCCCCCCCCCCCCC/C=C\CCCCCCCCCCCCCCC(=O)NC(CO)C(O)/C=C/CCCCCCCCCCCCCCCCCCCC. The quantitative estimate of drug-likeness (QED) is 0.0320. The first-order valence-corrected chi connectivity index (χ1v) is 38.3. The highest BCUT2D eigenvalue weighted by molar-refractivity contribution is 5.76.